The van der Waals surface area contributed by atoms with Crippen LogP contribution in [0, 0.1) is 5.41 Å². The molecule has 0 aromatic heterocycles. The lowest BCUT2D eigenvalue weighted by molar-refractivity contribution is -0.321. The Bertz CT molecular complexity index is 216. The molecule has 0 bridgehead atoms. The van der Waals surface area contributed by atoms with Crippen LogP contribution in [-0.2, 0) is 4.74 Å². The van der Waals surface area contributed by atoms with Crippen LogP contribution in [0.3, 0.4) is 0 Å². The van der Waals surface area contributed by atoms with Crippen LogP contribution in [0.5, 0.6) is 0 Å². The number of alkyl halides is 2. The second kappa shape index (κ2) is 2.64. The van der Waals surface area contributed by atoms with Gasteiger partial charge in [-0.1, -0.05) is 6.42 Å². The largest absolute Gasteiger partial charge is 0.383 e. The first-order valence-corrected chi connectivity index (χ1v) is 4.60. The van der Waals surface area contributed by atoms with Crippen LogP contribution in [0.1, 0.15) is 25.7 Å². The lowest BCUT2D eigenvalue weighted by atomic mass is 9.45. The molecule has 0 amide bonds. The first-order chi connectivity index (χ1) is 6.07. The van der Waals surface area contributed by atoms with Crippen molar-refractivity contribution >= 4 is 0 Å². The van der Waals surface area contributed by atoms with E-state index in [0.717, 1.165) is 6.42 Å². The second-order valence-electron chi connectivity index (χ2n) is 4.16. The van der Waals surface area contributed by atoms with Gasteiger partial charge in [-0.25, -0.2) is 8.78 Å². The number of halogens is 2. The summed E-state index contributed by atoms with van der Waals surface area (Å²) < 4.78 is 30.3. The average molecular weight is 192 g/mol. The lowest BCUT2D eigenvalue weighted by Crippen LogP contribution is -2.73. The molecule has 2 atom stereocenters. The molecule has 2 nitrogen and oxygen atoms in total. The maximum Gasteiger partial charge on any atom is 0.267 e. The van der Waals surface area contributed by atoms with E-state index >= 15 is 0 Å². The van der Waals surface area contributed by atoms with E-state index in [4.69, 9.17) is 4.74 Å². The summed E-state index contributed by atoms with van der Waals surface area (Å²) in [4.78, 5) is 0. The average Bonchev–Trinajstić information content (AvgIpc) is 1.95. The van der Waals surface area contributed by atoms with Crippen molar-refractivity contribution in [1.82, 2.24) is 0 Å². The molecule has 4 heteroatoms. The molecule has 2 fully saturated rings. The van der Waals surface area contributed by atoms with Crippen molar-refractivity contribution < 1.29 is 18.6 Å². The quantitative estimate of drug-likeness (QED) is 0.719. The summed E-state index contributed by atoms with van der Waals surface area (Å²) in [5.41, 5.74) is -2.40. The minimum Gasteiger partial charge on any atom is -0.383 e. The maximum absolute atomic E-state index is 12.6. The highest BCUT2D eigenvalue weighted by atomic mass is 19.3. The van der Waals surface area contributed by atoms with Crippen molar-refractivity contribution in [1.29, 1.82) is 0 Å². The van der Waals surface area contributed by atoms with E-state index in [-0.39, 0.29) is 12.5 Å². The molecule has 0 aromatic carbocycles. The van der Waals surface area contributed by atoms with Crippen LogP contribution in [0.4, 0.5) is 8.78 Å². The molecule has 2 saturated carbocycles. The Hall–Kier alpha value is -0.220. The van der Waals surface area contributed by atoms with E-state index in [9.17, 15) is 13.9 Å². The van der Waals surface area contributed by atoms with Crippen LogP contribution in [0.15, 0.2) is 0 Å². The SMILES string of the molecule is COC1CC(O)(C(F)F)C12CCC2. The van der Waals surface area contributed by atoms with Crippen molar-refractivity contribution in [2.24, 2.45) is 5.41 Å². The van der Waals surface area contributed by atoms with Gasteiger partial charge in [-0.15, -0.1) is 0 Å². The van der Waals surface area contributed by atoms with Crippen molar-refractivity contribution in [3.8, 4) is 0 Å². The van der Waals surface area contributed by atoms with Gasteiger partial charge in [0, 0.05) is 18.9 Å². The van der Waals surface area contributed by atoms with Crippen LogP contribution < -0.4 is 0 Å². The molecule has 2 aliphatic rings. The van der Waals surface area contributed by atoms with E-state index in [2.05, 4.69) is 0 Å². The van der Waals surface area contributed by atoms with Crippen molar-refractivity contribution in [2.45, 2.75) is 43.8 Å². The molecule has 0 heterocycles. The molecule has 0 aromatic rings. The summed E-state index contributed by atoms with van der Waals surface area (Å²) >= 11 is 0. The molecular weight excluding hydrogens is 178 g/mol. The fourth-order valence-corrected chi connectivity index (χ4v) is 2.76. The first kappa shape index (κ1) is 9.34. The first-order valence-electron chi connectivity index (χ1n) is 4.60. The molecule has 2 aliphatic carbocycles. The van der Waals surface area contributed by atoms with Gasteiger partial charge in [-0.3, -0.25) is 0 Å². The summed E-state index contributed by atoms with van der Waals surface area (Å²) in [7, 11) is 1.52. The normalized spacial score (nSPS) is 41.8. The van der Waals surface area contributed by atoms with E-state index < -0.39 is 17.4 Å². The number of rotatable bonds is 2. The minimum absolute atomic E-state index is 0.0845. The summed E-state index contributed by atoms with van der Waals surface area (Å²) in [6, 6.07) is 0. The Labute approximate surface area is 75.9 Å². The smallest absolute Gasteiger partial charge is 0.267 e. The van der Waals surface area contributed by atoms with Crippen LogP contribution in [0.25, 0.3) is 0 Å². The molecule has 1 N–H and O–H groups in total. The zero-order valence-electron chi connectivity index (χ0n) is 7.59. The zero-order chi connectivity index (χ0) is 9.69. The highest BCUT2D eigenvalue weighted by Crippen LogP contribution is 2.64. The fourth-order valence-electron chi connectivity index (χ4n) is 2.76. The van der Waals surface area contributed by atoms with Gasteiger partial charge < -0.3 is 9.84 Å². The third-order valence-electron chi connectivity index (χ3n) is 3.87. The Kier molecular flexibility index (Phi) is 1.90. The maximum atomic E-state index is 12.6. The number of ether oxygens (including phenoxy) is 1. The van der Waals surface area contributed by atoms with Gasteiger partial charge in [0.25, 0.3) is 6.43 Å². The van der Waals surface area contributed by atoms with E-state index in [1.54, 1.807) is 0 Å². The molecular formula is C9H14F2O2. The van der Waals surface area contributed by atoms with Crippen molar-refractivity contribution in [3.63, 3.8) is 0 Å². The number of methoxy groups -OCH3 is 1. The molecule has 2 unspecified atom stereocenters. The standard InChI is InChI=1S/C9H14F2O2/c1-13-6-5-9(12,7(10)11)8(6)3-2-4-8/h6-7,12H,2-5H2,1H3. The van der Waals surface area contributed by atoms with Gasteiger partial charge in [0.1, 0.15) is 5.60 Å². The van der Waals surface area contributed by atoms with Gasteiger partial charge >= 0.3 is 0 Å². The molecule has 1 spiro atoms. The second-order valence-corrected chi connectivity index (χ2v) is 4.16. The Balaban J connectivity index is 2.17. The van der Waals surface area contributed by atoms with Gasteiger partial charge in [0.05, 0.1) is 6.10 Å². The van der Waals surface area contributed by atoms with E-state index in [1.165, 1.54) is 7.11 Å². The van der Waals surface area contributed by atoms with Crippen molar-refractivity contribution in [3.05, 3.63) is 0 Å². The van der Waals surface area contributed by atoms with E-state index in [0.29, 0.717) is 12.8 Å². The monoisotopic (exact) mass is 192 g/mol. The van der Waals surface area contributed by atoms with Gasteiger partial charge in [-0.2, -0.15) is 0 Å². The molecule has 76 valence electrons. The molecule has 2 rings (SSSR count). The Morgan fingerprint density at radius 3 is 2.38 bits per heavy atom. The number of aliphatic hydroxyl groups is 1. The molecule has 0 aliphatic heterocycles. The molecule has 0 radical (unpaired) electrons. The summed E-state index contributed by atoms with van der Waals surface area (Å²) in [6.07, 6.45) is -0.450. The lowest BCUT2D eigenvalue weighted by Gasteiger charge is -2.65. The topological polar surface area (TPSA) is 29.5 Å². The Morgan fingerprint density at radius 2 is 2.08 bits per heavy atom. The van der Waals surface area contributed by atoms with Crippen LogP contribution in [-0.4, -0.2) is 30.3 Å². The summed E-state index contributed by atoms with van der Waals surface area (Å²) in [5.74, 6) is 0. The number of hydrogen-bond acceptors (Lipinski definition) is 2. The zero-order valence-corrected chi connectivity index (χ0v) is 7.59. The predicted octanol–water partition coefficient (Wildman–Crippen LogP) is 1.57. The third kappa shape index (κ3) is 0.880. The van der Waals surface area contributed by atoms with Crippen molar-refractivity contribution in [2.75, 3.05) is 7.11 Å². The highest BCUT2D eigenvalue weighted by Gasteiger charge is 2.71. The third-order valence-corrected chi connectivity index (χ3v) is 3.87. The molecule has 0 saturated heterocycles. The minimum atomic E-state index is -2.64. The van der Waals surface area contributed by atoms with Crippen LogP contribution in [0.2, 0.25) is 0 Å². The summed E-state index contributed by atoms with van der Waals surface area (Å²) in [6.45, 7) is 0. The molecule has 13 heavy (non-hydrogen) atoms. The Morgan fingerprint density at radius 1 is 1.46 bits per heavy atom. The van der Waals surface area contributed by atoms with Gasteiger partial charge in [-0.05, 0) is 12.8 Å². The van der Waals surface area contributed by atoms with Crippen LogP contribution >= 0.6 is 0 Å². The van der Waals surface area contributed by atoms with Gasteiger partial charge in [0.2, 0.25) is 0 Å². The van der Waals surface area contributed by atoms with E-state index in [1.807, 2.05) is 0 Å². The number of hydrogen-bond donors (Lipinski definition) is 1. The highest BCUT2D eigenvalue weighted by molar-refractivity contribution is 5.19. The predicted molar refractivity (Wildman–Crippen MR) is 42.7 cm³/mol. The summed E-state index contributed by atoms with van der Waals surface area (Å²) in [5, 5.41) is 9.73. The fraction of sp³-hybridized carbons (Fsp3) is 1.00. The van der Waals surface area contributed by atoms with Gasteiger partial charge in [0.15, 0.2) is 0 Å².